The summed E-state index contributed by atoms with van der Waals surface area (Å²) >= 11 is 4.81. The van der Waals surface area contributed by atoms with Crippen LogP contribution in [-0.4, -0.2) is 12.8 Å². The van der Waals surface area contributed by atoms with E-state index in [1.807, 2.05) is 30.3 Å². The van der Waals surface area contributed by atoms with Crippen LogP contribution in [0.5, 0.6) is 0 Å². The minimum Gasteiger partial charge on any atom is -0.265 e. The van der Waals surface area contributed by atoms with E-state index in [4.69, 9.17) is 7.85 Å². The zero-order valence-electron chi connectivity index (χ0n) is 6.85. The van der Waals surface area contributed by atoms with E-state index in [9.17, 15) is 0 Å². The number of hydrogen-bond donors (Lipinski definition) is 0. The second-order valence-corrected chi connectivity index (χ2v) is 4.66. The zero-order valence-corrected chi connectivity index (χ0v) is 9.25. The van der Waals surface area contributed by atoms with Crippen LogP contribution in [0.15, 0.2) is 46.5 Å². The van der Waals surface area contributed by atoms with Crippen LogP contribution in [0.4, 0.5) is 0 Å². The molecule has 0 unspecified atom stereocenters. The smallest absolute Gasteiger partial charge is 0.128 e. The topological polar surface area (TPSA) is 12.9 Å². The average molecular weight is 252 g/mol. The van der Waals surface area contributed by atoms with Crippen molar-refractivity contribution in [2.45, 2.75) is 0 Å². The molecule has 0 aliphatic heterocycles. The molecular weight excluding hydrogens is 245 g/mol. The Hall–Kier alpha value is -0.605. The van der Waals surface area contributed by atoms with Crippen molar-refractivity contribution in [1.29, 1.82) is 0 Å². The molecule has 2 aromatic heterocycles. The fraction of sp³-hybridized carbons (Fsp3) is 0. The van der Waals surface area contributed by atoms with Crippen molar-refractivity contribution in [2.24, 2.45) is 0 Å². The summed E-state index contributed by atoms with van der Waals surface area (Å²) in [5.74, 6) is 0. The first-order chi connectivity index (χ1) is 6.29. The summed E-state index contributed by atoms with van der Waals surface area (Å²) in [6.45, 7) is 0. The Morgan fingerprint density at radius 1 is 1.15 bits per heavy atom. The van der Waals surface area contributed by atoms with Gasteiger partial charge in [-0.15, -0.1) is 11.3 Å². The molecule has 13 heavy (non-hydrogen) atoms. The molecule has 4 heteroatoms. The Kier molecular flexibility index (Phi) is 4.79. The summed E-state index contributed by atoms with van der Waals surface area (Å²) in [7, 11) is 5.37. The van der Waals surface area contributed by atoms with Crippen LogP contribution < -0.4 is 4.78 Å². The molecule has 0 atom stereocenters. The van der Waals surface area contributed by atoms with Crippen molar-refractivity contribution in [1.82, 2.24) is 4.98 Å². The van der Waals surface area contributed by atoms with Crippen molar-refractivity contribution < 1.29 is 0 Å². The highest BCUT2D eigenvalue weighted by Gasteiger charge is 1.86. The summed E-state index contributed by atoms with van der Waals surface area (Å²) in [6.07, 6.45) is 3.50. The van der Waals surface area contributed by atoms with Crippen LogP contribution in [0.25, 0.3) is 0 Å². The van der Waals surface area contributed by atoms with Gasteiger partial charge >= 0.3 is 0 Å². The van der Waals surface area contributed by atoms with Gasteiger partial charge in [0.25, 0.3) is 0 Å². The van der Waals surface area contributed by atoms with Crippen molar-refractivity contribution >= 4 is 39.9 Å². The highest BCUT2D eigenvalue weighted by atomic mass is 79.9. The maximum atomic E-state index is 5.37. The molecule has 0 aliphatic rings. The Morgan fingerprint density at radius 3 is 2.00 bits per heavy atom. The summed E-state index contributed by atoms with van der Waals surface area (Å²) in [6, 6.07) is 9.52. The Bertz CT molecular complexity index is 293. The quantitative estimate of drug-likeness (QED) is 0.656. The van der Waals surface area contributed by atoms with Gasteiger partial charge in [0.15, 0.2) is 0 Å². The second-order valence-electron chi connectivity index (χ2n) is 2.17. The maximum Gasteiger partial charge on any atom is 0.128 e. The molecule has 0 saturated carbocycles. The Balaban J connectivity index is 0.000000132. The van der Waals surface area contributed by atoms with Gasteiger partial charge in [-0.1, -0.05) is 12.1 Å². The monoisotopic (exact) mass is 251 g/mol. The first kappa shape index (κ1) is 10.5. The lowest BCUT2D eigenvalue weighted by Crippen LogP contribution is -1.88. The molecule has 2 heterocycles. The van der Waals surface area contributed by atoms with Gasteiger partial charge in [-0.2, -0.15) is 0 Å². The van der Waals surface area contributed by atoms with Crippen molar-refractivity contribution in [3.63, 3.8) is 0 Å². The predicted molar refractivity (Wildman–Crippen MR) is 61.6 cm³/mol. The SMILES string of the molecule is [B]c1ccc(Br)s1.c1ccncc1. The normalized spacial score (nSPS) is 8.69. The van der Waals surface area contributed by atoms with Crippen LogP contribution in [0.3, 0.4) is 0 Å². The molecule has 1 nitrogen and oxygen atoms in total. The first-order valence-electron chi connectivity index (χ1n) is 3.65. The molecule has 2 radical (unpaired) electrons. The first-order valence-corrected chi connectivity index (χ1v) is 5.26. The van der Waals surface area contributed by atoms with Gasteiger partial charge in [0.2, 0.25) is 0 Å². The Morgan fingerprint density at radius 2 is 1.85 bits per heavy atom. The highest BCUT2D eigenvalue weighted by molar-refractivity contribution is 9.11. The van der Waals surface area contributed by atoms with E-state index in [1.165, 1.54) is 11.3 Å². The molecule has 0 aromatic carbocycles. The van der Waals surface area contributed by atoms with E-state index >= 15 is 0 Å². The number of thiophene rings is 1. The van der Waals surface area contributed by atoms with E-state index in [-0.39, 0.29) is 0 Å². The lowest BCUT2D eigenvalue weighted by atomic mass is 10.1. The molecule has 0 amide bonds. The van der Waals surface area contributed by atoms with Gasteiger partial charge in [0.05, 0.1) is 3.79 Å². The third-order valence-corrected chi connectivity index (χ3v) is 2.61. The van der Waals surface area contributed by atoms with E-state index in [0.717, 1.165) is 8.56 Å². The lowest BCUT2D eigenvalue weighted by Gasteiger charge is -1.70. The number of hydrogen-bond acceptors (Lipinski definition) is 2. The molecule has 2 rings (SSSR count). The number of pyridine rings is 1. The minimum atomic E-state index is 0.854. The molecule has 0 spiro atoms. The third-order valence-electron chi connectivity index (χ3n) is 1.16. The summed E-state index contributed by atoms with van der Waals surface area (Å²) < 4.78 is 1.94. The van der Waals surface area contributed by atoms with Crippen molar-refractivity contribution in [3.05, 3.63) is 46.5 Å². The minimum absolute atomic E-state index is 0.854. The fourth-order valence-electron chi connectivity index (χ4n) is 0.641. The van der Waals surface area contributed by atoms with E-state index in [2.05, 4.69) is 20.9 Å². The zero-order chi connectivity index (χ0) is 9.52. The number of rotatable bonds is 0. The van der Waals surface area contributed by atoms with Gasteiger partial charge in [0, 0.05) is 12.4 Å². The van der Waals surface area contributed by atoms with Crippen LogP contribution in [-0.2, 0) is 0 Å². The van der Waals surface area contributed by atoms with Crippen LogP contribution >= 0.6 is 27.3 Å². The molecule has 0 fully saturated rings. The van der Waals surface area contributed by atoms with Gasteiger partial charge in [-0.05, 0) is 38.9 Å². The second kappa shape index (κ2) is 5.94. The average Bonchev–Trinajstić information content (AvgIpc) is 2.54. The lowest BCUT2D eigenvalue weighted by molar-refractivity contribution is 1.33. The maximum absolute atomic E-state index is 5.37. The van der Waals surface area contributed by atoms with Crippen LogP contribution in [0, 0.1) is 0 Å². The third kappa shape index (κ3) is 4.85. The largest absolute Gasteiger partial charge is 0.265 e. The number of aromatic nitrogens is 1. The molecule has 0 saturated heterocycles. The van der Waals surface area contributed by atoms with E-state index in [1.54, 1.807) is 12.4 Å². The van der Waals surface area contributed by atoms with E-state index < -0.39 is 0 Å². The predicted octanol–water partition coefficient (Wildman–Crippen LogP) is 2.39. The molecule has 0 bridgehead atoms. The van der Waals surface area contributed by atoms with Crippen LogP contribution in [0.2, 0.25) is 0 Å². The summed E-state index contributed by atoms with van der Waals surface area (Å²) in [5.41, 5.74) is 0. The molecule has 2 aromatic rings. The van der Waals surface area contributed by atoms with E-state index in [0.29, 0.717) is 0 Å². The van der Waals surface area contributed by atoms with Gasteiger partial charge in [-0.3, -0.25) is 4.98 Å². The standard InChI is InChI=1S/C5H5N.C4H2BBrS/c1-2-4-6-5-3-1;5-3-1-2-4(6)7-3/h1-5H;1-2H. The molecule has 0 N–H and O–H groups in total. The number of nitrogens with zero attached hydrogens (tertiary/aromatic N) is 1. The highest BCUT2D eigenvalue weighted by Crippen LogP contribution is 2.12. The van der Waals surface area contributed by atoms with Crippen LogP contribution in [0.1, 0.15) is 0 Å². The van der Waals surface area contributed by atoms with Gasteiger partial charge < -0.3 is 0 Å². The van der Waals surface area contributed by atoms with Crippen molar-refractivity contribution in [2.75, 3.05) is 0 Å². The summed E-state index contributed by atoms with van der Waals surface area (Å²) in [5, 5.41) is 0. The molecule has 0 aliphatic carbocycles. The van der Waals surface area contributed by atoms with Gasteiger partial charge in [-0.25, -0.2) is 0 Å². The number of halogens is 1. The molecule has 64 valence electrons. The van der Waals surface area contributed by atoms with Crippen molar-refractivity contribution in [3.8, 4) is 0 Å². The van der Waals surface area contributed by atoms with Gasteiger partial charge in [0.1, 0.15) is 7.85 Å². The Labute approximate surface area is 91.4 Å². The summed E-state index contributed by atoms with van der Waals surface area (Å²) in [4.78, 5) is 3.78. The molecular formula is C9H7BBrNS. The fourth-order valence-corrected chi connectivity index (χ4v) is 1.83.